The molecule has 0 radical (unpaired) electrons. The van der Waals surface area contributed by atoms with Gasteiger partial charge in [0.15, 0.2) is 5.78 Å². The van der Waals surface area contributed by atoms with Crippen LogP contribution in [0.5, 0.6) is 0 Å². The van der Waals surface area contributed by atoms with Gasteiger partial charge in [-0.3, -0.25) is 4.79 Å². The van der Waals surface area contributed by atoms with Crippen molar-refractivity contribution in [3.05, 3.63) is 35.9 Å². The lowest BCUT2D eigenvalue weighted by atomic mass is 9.75. The third-order valence-electron chi connectivity index (χ3n) is 3.56. The summed E-state index contributed by atoms with van der Waals surface area (Å²) in [7, 11) is 0. The highest BCUT2D eigenvalue weighted by Gasteiger charge is 2.51. The first-order valence-corrected chi connectivity index (χ1v) is 6.52. The average Bonchev–Trinajstić information content (AvgIpc) is 2.43. The first-order chi connectivity index (χ1) is 9.08. The number of hydrogen-bond donors (Lipinski definition) is 0. The van der Waals surface area contributed by atoms with Gasteiger partial charge in [0.2, 0.25) is 0 Å². The standard InChI is InChI=1S/C15H17FO3/c1-2-19-14(18)15(16)10-12(8-9-13(15)17)11-6-4-3-5-7-11/h3-7,12H,2,8-10H2,1H3. The number of ether oxygens (including phenoxy) is 1. The Morgan fingerprint density at radius 3 is 2.74 bits per heavy atom. The van der Waals surface area contributed by atoms with Crippen LogP contribution in [0.1, 0.15) is 37.7 Å². The maximum atomic E-state index is 14.7. The van der Waals surface area contributed by atoms with Gasteiger partial charge < -0.3 is 4.74 Å². The molecule has 0 amide bonds. The maximum Gasteiger partial charge on any atom is 0.351 e. The predicted molar refractivity (Wildman–Crippen MR) is 68.5 cm³/mol. The Morgan fingerprint density at radius 1 is 1.42 bits per heavy atom. The molecular formula is C15H17FO3. The fourth-order valence-electron chi connectivity index (χ4n) is 2.51. The van der Waals surface area contributed by atoms with Crippen molar-refractivity contribution in [1.29, 1.82) is 0 Å². The number of ketones is 1. The molecule has 0 heterocycles. The number of carbonyl (C=O) groups is 2. The molecule has 0 aliphatic heterocycles. The van der Waals surface area contributed by atoms with Crippen molar-refractivity contribution in [2.45, 2.75) is 37.8 Å². The van der Waals surface area contributed by atoms with Crippen LogP contribution in [0, 0.1) is 0 Å². The molecule has 1 aromatic rings. The molecule has 19 heavy (non-hydrogen) atoms. The van der Waals surface area contributed by atoms with Gasteiger partial charge in [-0.2, -0.15) is 0 Å². The van der Waals surface area contributed by atoms with E-state index in [9.17, 15) is 14.0 Å². The Bertz CT molecular complexity index is 472. The van der Waals surface area contributed by atoms with Gasteiger partial charge in [0.25, 0.3) is 5.67 Å². The fraction of sp³-hybridized carbons (Fsp3) is 0.467. The number of hydrogen-bond acceptors (Lipinski definition) is 3. The van der Waals surface area contributed by atoms with Crippen LogP contribution >= 0.6 is 0 Å². The van der Waals surface area contributed by atoms with Crippen LogP contribution in [-0.4, -0.2) is 24.0 Å². The molecule has 1 aliphatic rings. The van der Waals surface area contributed by atoms with Crippen molar-refractivity contribution in [3.63, 3.8) is 0 Å². The lowest BCUT2D eigenvalue weighted by molar-refractivity contribution is -0.164. The summed E-state index contributed by atoms with van der Waals surface area (Å²) in [5.41, 5.74) is -1.52. The summed E-state index contributed by atoms with van der Waals surface area (Å²) in [6.45, 7) is 1.68. The summed E-state index contributed by atoms with van der Waals surface area (Å²) in [5.74, 6) is -1.81. The van der Waals surface area contributed by atoms with Gasteiger partial charge in [0.1, 0.15) is 0 Å². The SMILES string of the molecule is CCOC(=O)C1(F)CC(c2ccccc2)CCC1=O. The molecule has 102 valence electrons. The van der Waals surface area contributed by atoms with Crippen molar-refractivity contribution in [3.8, 4) is 0 Å². The van der Waals surface area contributed by atoms with Gasteiger partial charge in [-0.15, -0.1) is 0 Å². The molecular weight excluding hydrogens is 247 g/mol. The molecule has 0 saturated heterocycles. The molecule has 0 spiro atoms. The smallest absolute Gasteiger partial charge is 0.351 e. The van der Waals surface area contributed by atoms with Crippen molar-refractivity contribution < 1.29 is 18.7 Å². The molecule has 0 N–H and O–H groups in total. The normalized spacial score (nSPS) is 27.1. The molecule has 0 aromatic heterocycles. The number of benzene rings is 1. The van der Waals surface area contributed by atoms with Crippen LogP contribution in [0.15, 0.2) is 30.3 Å². The second kappa shape index (κ2) is 5.51. The van der Waals surface area contributed by atoms with Gasteiger partial charge in [-0.25, -0.2) is 9.18 Å². The van der Waals surface area contributed by atoms with Gasteiger partial charge in [-0.1, -0.05) is 30.3 Å². The molecule has 2 rings (SSSR count). The zero-order chi connectivity index (χ0) is 13.9. The van der Waals surface area contributed by atoms with E-state index in [1.54, 1.807) is 6.92 Å². The summed E-state index contributed by atoms with van der Waals surface area (Å²) in [6, 6.07) is 9.41. The molecule has 4 heteroatoms. The summed E-state index contributed by atoms with van der Waals surface area (Å²) >= 11 is 0. The Labute approximate surface area is 111 Å². The van der Waals surface area contributed by atoms with E-state index < -0.39 is 17.4 Å². The highest BCUT2D eigenvalue weighted by molar-refractivity contribution is 6.07. The second-order valence-corrected chi connectivity index (χ2v) is 4.80. The van der Waals surface area contributed by atoms with Gasteiger partial charge in [-0.05, 0) is 24.8 Å². The lowest BCUT2D eigenvalue weighted by Gasteiger charge is -2.31. The highest BCUT2D eigenvalue weighted by Crippen LogP contribution is 2.39. The molecule has 1 saturated carbocycles. The van der Waals surface area contributed by atoms with Gasteiger partial charge in [0.05, 0.1) is 6.61 Å². The first kappa shape index (κ1) is 13.7. The average molecular weight is 264 g/mol. The van der Waals surface area contributed by atoms with E-state index in [1.165, 1.54) is 0 Å². The van der Waals surface area contributed by atoms with E-state index in [0.29, 0.717) is 6.42 Å². The van der Waals surface area contributed by atoms with Crippen molar-refractivity contribution in [1.82, 2.24) is 0 Å². The highest BCUT2D eigenvalue weighted by atomic mass is 19.1. The quantitative estimate of drug-likeness (QED) is 0.623. The Morgan fingerprint density at radius 2 is 2.11 bits per heavy atom. The van der Waals surface area contributed by atoms with Gasteiger partial charge >= 0.3 is 5.97 Å². The van der Waals surface area contributed by atoms with Crippen molar-refractivity contribution in [2.75, 3.05) is 6.61 Å². The van der Waals surface area contributed by atoms with Crippen LogP contribution in [0.25, 0.3) is 0 Å². The largest absolute Gasteiger partial charge is 0.463 e. The molecule has 1 aromatic carbocycles. The molecule has 0 bridgehead atoms. The number of alkyl halides is 1. The Hall–Kier alpha value is -1.71. The number of rotatable bonds is 3. The van der Waals surface area contributed by atoms with E-state index in [-0.39, 0.29) is 25.4 Å². The van der Waals surface area contributed by atoms with E-state index in [0.717, 1.165) is 5.56 Å². The lowest BCUT2D eigenvalue weighted by Crippen LogP contribution is -2.47. The Kier molecular flexibility index (Phi) is 3.98. The summed E-state index contributed by atoms with van der Waals surface area (Å²) < 4.78 is 19.4. The topological polar surface area (TPSA) is 43.4 Å². The first-order valence-electron chi connectivity index (χ1n) is 6.52. The number of halogens is 1. The van der Waals surface area contributed by atoms with Gasteiger partial charge in [0, 0.05) is 12.8 Å². The third-order valence-corrected chi connectivity index (χ3v) is 3.56. The van der Waals surface area contributed by atoms with Crippen LogP contribution in [0.3, 0.4) is 0 Å². The minimum atomic E-state index is -2.48. The van der Waals surface area contributed by atoms with Crippen LogP contribution in [0.2, 0.25) is 0 Å². The maximum absolute atomic E-state index is 14.7. The summed E-state index contributed by atoms with van der Waals surface area (Å²) in [6.07, 6.45) is 0.539. The van der Waals surface area contributed by atoms with E-state index in [1.807, 2.05) is 30.3 Å². The van der Waals surface area contributed by atoms with Crippen LogP contribution < -0.4 is 0 Å². The zero-order valence-corrected chi connectivity index (χ0v) is 10.9. The predicted octanol–water partition coefficient (Wildman–Crippen LogP) is 2.79. The van der Waals surface area contributed by atoms with Crippen molar-refractivity contribution >= 4 is 11.8 Å². The molecule has 1 fully saturated rings. The summed E-state index contributed by atoms with van der Waals surface area (Å²) in [5, 5.41) is 0. The van der Waals surface area contributed by atoms with Crippen molar-refractivity contribution in [2.24, 2.45) is 0 Å². The second-order valence-electron chi connectivity index (χ2n) is 4.80. The van der Waals surface area contributed by atoms with Crippen LogP contribution in [0.4, 0.5) is 4.39 Å². The molecule has 2 unspecified atom stereocenters. The molecule has 1 aliphatic carbocycles. The van der Waals surface area contributed by atoms with E-state index >= 15 is 0 Å². The number of esters is 1. The monoisotopic (exact) mass is 264 g/mol. The van der Waals surface area contributed by atoms with Crippen LogP contribution in [-0.2, 0) is 14.3 Å². The number of Topliss-reactive ketones (excluding diaryl/α,β-unsaturated/α-hetero) is 1. The molecule has 3 nitrogen and oxygen atoms in total. The van der Waals surface area contributed by atoms with E-state index in [4.69, 9.17) is 4.74 Å². The fourth-order valence-corrected chi connectivity index (χ4v) is 2.51. The van der Waals surface area contributed by atoms with E-state index in [2.05, 4.69) is 0 Å². The summed E-state index contributed by atoms with van der Waals surface area (Å²) in [4.78, 5) is 23.4. The minimum absolute atomic E-state index is 0.0772. The zero-order valence-electron chi connectivity index (χ0n) is 10.9. The molecule has 2 atom stereocenters. The minimum Gasteiger partial charge on any atom is -0.463 e. The Balaban J connectivity index is 2.21. The third kappa shape index (κ3) is 2.67. The number of carbonyl (C=O) groups excluding carboxylic acids is 2.